The highest BCUT2D eigenvalue weighted by Gasteiger charge is 2.21. The first-order chi connectivity index (χ1) is 21.2. The summed E-state index contributed by atoms with van der Waals surface area (Å²) in [4.78, 5) is 2.39. The Morgan fingerprint density at radius 3 is 1.74 bits per heavy atom. The van der Waals surface area contributed by atoms with Crippen molar-refractivity contribution >= 4 is 32.9 Å². The molecule has 43 heavy (non-hydrogen) atoms. The first-order valence-corrected chi connectivity index (χ1v) is 15.2. The Balaban J connectivity index is 1.36. The van der Waals surface area contributed by atoms with Gasteiger partial charge in [0.25, 0.3) is 0 Å². The smallest absolute Gasteiger partial charge is 0.0447 e. The van der Waals surface area contributed by atoms with E-state index in [2.05, 4.69) is 158 Å². The lowest BCUT2D eigenvalue weighted by Crippen LogP contribution is -2.11. The van der Waals surface area contributed by atoms with Crippen LogP contribution in [0.1, 0.15) is 16.7 Å². The van der Waals surface area contributed by atoms with E-state index in [-0.39, 0.29) is 0 Å². The van der Waals surface area contributed by atoms with Crippen LogP contribution in [0.15, 0.2) is 140 Å². The third-order valence-corrected chi connectivity index (χ3v) is 9.21. The van der Waals surface area contributed by atoms with Crippen LogP contribution in [0, 0.1) is 6.92 Å². The number of benzene rings is 7. The van der Waals surface area contributed by atoms with Gasteiger partial charge in [-0.1, -0.05) is 133 Å². The molecule has 0 saturated heterocycles. The summed E-state index contributed by atoms with van der Waals surface area (Å²) in [5.74, 6) is 0. The van der Waals surface area contributed by atoms with Gasteiger partial charge in [0, 0.05) is 18.4 Å². The van der Waals surface area contributed by atoms with Crippen LogP contribution in [-0.2, 0) is 12.8 Å². The monoisotopic (exact) mass is 551 g/mol. The molecule has 8 rings (SSSR count). The van der Waals surface area contributed by atoms with Crippen LogP contribution >= 0.6 is 0 Å². The summed E-state index contributed by atoms with van der Waals surface area (Å²) < 4.78 is 0. The van der Waals surface area contributed by atoms with E-state index in [1.54, 1.807) is 0 Å². The average Bonchev–Trinajstić information content (AvgIpc) is 3.20. The van der Waals surface area contributed by atoms with Gasteiger partial charge in [-0.05, 0) is 98.0 Å². The highest BCUT2D eigenvalue weighted by molar-refractivity contribution is 6.21. The molecular weight excluding hydrogens is 518 g/mol. The van der Waals surface area contributed by atoms with E-state index in [1.807, 2.05) is 0 Å². The summed E-state index contributed by atoms with van der Waals surface area (Å²) in [5.41, 5.74) is 14.3. The summed E-state index contributed by atoms with van der Waals surface area (Å²) >= 11 is 0. The molecule has 0 N–H and O–H groups in total. The van der Waals surface area contributed by atoms with Gasteiger partial charge in [-0.3, -0.25) is 0 Å². The second-order valence-electron chi connectivity index (χ2n) is 11.8. The van der Waals surface area contributed by atoms with Crippen molar-refractivity contribution in [2.24, 2.45) is 0 Å². The molecule has 0 unspecified atom stereocenters. The number of para-hydroxylation sites is 1. The van der Waals surface area contributed by atoms with Gasteiger partial charge in [-0.2, -0.15) is 0 Å². The number of rotatable bonds is 3. The molecule has 0 aromatic heterocycles. The van der Waals surface area contributed by atoms with E-state index in [0.717, 1.165) is 12.8 Å². The molecule has 0 saturated carbocycles. The van der Waals surface area contributed by atoms with Gasteiger partial charge in [0.15, 0.2) is 0 Å². The van der Waals surface area contributed by atoms with Crippen LogP contribution in [0.25, 0.3) is 54.9 Å². The van der Waals surface area contributed by atoms with E-state index < -0.39 is 0 Å². The Morgan fingerprint density at radius 1 is 0.419 bits per heavy atom. The van der Waals surface area contributed by atoms with Gasteiger partial charge in [-0.25, -0.2) is 0 Å². The number of fused-ring (bicyclic) bond motifs is 4. The van der Waals surface area contributed by atoms with Crippen molar-refractivity contribution < 1.29 is 0 Å². The van der Waals surface area contributed by atoms with E-state index >= 15 is 0 Å². The van der Waals surface area contributed by atoms with E-state index in [9.17, 15) is 0 Å². The minimum Gasteiger partial charge on any atom is -0.344 e. The SMILES string of the molecule is Cc1ccc2c(-c3ccc(-c4ccccc4)cc3)c3ccccc3c(-c3ccc4c(c3)N(C)c3ccccc3CC4)c2c1. The van der Waals surface area contributed by atoms with Crippen LogP contribution < -0.4 is 4.90 Å². The maximum atomic E-state index is 2.43. The standard InChI is InChI=1S/C42H33N/c1-28-16-25-37-38(26-28)42(34-24-21-32-20-19-31-12-6-9-15-39(31)43(2)40(32)27-34)36-14-8-7-13-35(36)41(37)33-22-17-30(18-23-33)29-10-4-3-5-11-29/h3-18,21-27H,19-20H2,1-2H3. The molecule has 1 heteroatoms. The number of hydrogen-bond donors (Lipinski definition) is 0. The lowest BCUT2D eigenvalue weighted by atomic mass is 9.84. The molecule has 1 aliphatic heterocycles. The van der Waals surface area contributed by atoms with Crippen molar-refractivity contribution in [1.29, 1.82) is 0 Å². The number of aryl methyl sites for hydroxylation is 3. The zero-order valence-electron chi connectivity index (χ0n) is 24.6. The molecular formula is C42H33N. The molecule has 0 radical (unpaired) electrons. The highest BCUT2D eigenvalue weighted by atomic mass is 15.1. The third-order valence-electron chi connectivity index (χ3n) is 9.21. The average molecular weight is 552 g/mol. The molecule has 1 nitrogen and oxygen atoms in total. The normalized spacial score (nSPS) is 12.7. The Kier molecular flexibility index (Phi) is 6.12. The fourth-order valence-corrected chi connectivity index (χ4v) is 7.07. The lowest BCUT2D eigenvalue weighted by molar-refractivity contribution is 0.978. The van der Waals surface area contributed by atoms with Gasteiger partial charge in [0.2, 0.25) is 0 Å². The van der Waals surface area contributed by atoms with Gasteiger partial charge >= 0.3 is 0 Å². The van der Waals surface area contributed by atoms with Crippen molar-refractivity contribution in [1.82, 2.24) is 0 Å². The zero-order valence-corrected chi connectivity index (χ0v) is 24.6. The lowest BCUT2D eigenvalue weighted by Gasteiger charge is -2.24. The van der Waals surface area contributed by atoms with Crippen molar-refractivity contribution in [2.45, 2.75) is 19.8 Å². The fourth-order valence-electron chi connectivity index (χ4n) is 7.07. The van der Waals surface area contributed by atoms with Crippen molar-refractivity contribution in [3.05, 3.63) is 156 Å². The Bertz CT molecular complexity index is 2140. The first kappa shape index (κ1) is 25.6. The predicted octanol–water partition coefficient (Wildman–Crippen LogP) is 11.2. The van der Waals surface area contributed by atoms with Gasteiger partial charge in [0.1, 0.15) is 0 Å². The Labute approximate surface area is 253 Å². The summed E-state index contributed by atoms with van der Waals surface area (Å²) in [5, 5.41) is 5.17. The molecule has 0 amide bonds. The second-order valence-corrected chi connectivity index (χ2v) is 11.8. The van der Waals surface area contributed by atoms with Crippen LogP contribution in [-0.4, -0.2) is 7.05 Å². The largest absolute Gasteiger partial charge is 0.344 e. The van der Waals surface area contributed by atoms with E-state index in [4.69, 9.17) is 0 Å². The molecule has 1 aliphatic rings. The molecule has 0 aliphatic carbocycles. The molecule has 1 heterocycles. The van der Waals surface area contributed by atoms with Crippen molar-refractivity contribution in [3.8, 4) is 33.4 Å². The fraction of sp³-hybridized carbons (Fsp3) is 0.0952. The molecule has 7 aromatic carbocycles. The maximum absolute atomic E-state index is 2.43. The van der Waals surface area contributed by atoms with E-state index in [1.165, 1.54) is 83.0 Å². The zero-order chi connectivity index (χ0) is 28.9. The molecule has 0 bridgehead atoms. The Morgan fingerprint density at radius 2 is 0.977 bits per heavy atom. The molecule has 0 fully saturated rings. The number of anilines is 2. The van der Waals surface area contributed by atoms with Gasteiger partial charge < -0.3 is 4.90 Å². The van der Waals surface area contributed by atoms with Gasteiger partial charge in [-0.15, -0.1) is 0 Å². The summed E-state index contributed by atoms with van der Waals surface area (Å²) in [6.45, 7) is 2.20. The van der Waals surface area contributed by atoms with Crippen LogP contribution in [0.4, 0.5) is 11.4 Å². The summed E-state index contributed by atoms with van der Waals surface area (Å²) in [6, 6.07) is 51.6. The Hall–Kier alpha value is -5.14. The predicted molar refractivity (Wildman–Crippen MR) is 184 cm³/mol. The molecule has 7 aromatic rings. The summed E-state index contributed by atoms with van der Waals surface area (Å²) in [7, 11) is 2.22. The minimum absolute atomic E-state index is 1.05. The molecule has 0 spiro atoms. The maximum Gasteiger partial charge on any atom is 0.0447 e. The number of hydrogen-bond acceptors (Lipinski definition) is 1. The van der Waals surface area contributed by atoms with Crippen molar-refractivity contribution in [3.63, 3.8) is 0 Å². The summed E-state index contributed by atoms with van der Waals surface area (Å²) in [6.07, 6.45) is 2.12. The number of nitrogens with zero attached hydrogens (tertiary/aromatic N) is 1. The van der Waals surface area contributed by atoms with Crippen LogP contribution in [0.3, 0.4) is 0 Å². The third kappa shape index (κ3) is 4.32. The van der Waals surface area contributed by atoms with Crippen LogP contribution in [0.5, 0.6) is 0 Å². The van der Waals surface area contributed by atoms with Crippen LogP contribution in [0.2, 0.25) is 0 Å². The highest BCUT2D eigenvalue weighted by Crippen LogP contribution is 2.46. The van der Waals surface area contributed by atoms with E-state index in [0.29, 0.717) is 0 Å². The van der Waals surface area contributed by atoms with Crippen molar-refractivity contribution in [2.75, 3.05) is 11.9 Å². The topological polar surface area (TPSA) is 3.24 Å². The van der Waals surface area contributed by atoms with Gasteiger partial charge in [0.05, 0.1) is 0 Å². The second kappa shape index (κ2) is 10.3. The first-order valence-electron chi connectivity index (χ1n) is 15.2. The minimum atomic E-state index is 1.05. The quantitative estimate of drug-likeness (QED) is 0.197. The molecule has 0 atom stereocenters. The molecule has 206 valence electrons.